The third kappa shape index (κ3) is 6.66. The molecule has 0 radical (unpaired) electrons. The van der Waals surface area contributed by atoms with Crippen LogP contribution in [0.3, 0.4) is 0 Å². The second kappa shape index (κ2) is 12.5. The number of aryl methyl sites for hydroxylation is 1. The summed E-state index contributed by atoms with van der Waals surface area (Å²) in [4.78, 5) is 25.4. The van der Waals surface area contributed by atoms with Crippen LogP contribution in [0.25, 0.3) is 10.2 Å². The number of ether oxygens (including phenoxy) is 2. The van der Waals surface area contributed by atoms with Crippen molar-refractivity contribution in [3.8, 4) is 5.75 Å². The Hall–Kier alpha value is -2.86. The summed E-state index contributed by atoms with van der Waals surface area (Å²) in [7, 11) is 1.73. The summed E-state index contributed by atoms with van der Waals surface area (Å²) in [6, 6.07) is 4.43. The van der Waals surface area contributed by atoms with Gasteiger partial charge in [0.25, 0.3) is 5.91 Å². The molecule has 3 N–H and O–H groups in total. The van der Waals surface area contributed by atoms with E-state index >= 15 is 0 Å². The van der Waals surface area contributed by atoms with E-state index < -0.39 is 0 Å². The highest BCUT2D eigenvalue weighted by Crippen LogP contribution is 2.37. The molecule has 1 saturated carbocycles. The van der Waals surface area contributed by atoms with E-state index in [4.69, 9.17) is 9.47 Å². The fourth-order valence-corrected chi connectivity index (χ4v) is 6.44. The summed E-state index contributed by atoms with van der Waals surface area (Å²) in [5, 5.41) is 16.8. The van der Waals surface area contributed by atoms with Crippen LogP contribution >= 0.6 is 11.3 Å². The van der Waals surface area contributed by atoms with Gasteiger partial charge in [0.15, 0.2) is 0 Å². The number of β-amino-alcohol motifs (C(OH)–C–C–N with tert-alkyl or cyclic N) is 1. The van der Waals surface area contributed by atoms with Gasteiger partial charge in [0.05, 0.1) is 34.3 Å². The van der Waals surface area contributed by atoms with Crippen molar-refractivity contribution >= 4 is 39.0 Å². The van der Waals surface area contributed by atoms with Crippen molar-refractivity contribution < 1.29 is 23.8 Å². The zero-order valence-corrected chi connectivity index (χ0v) is 23.2. The number of rotatable bonds is 10. The fraction of sp³-hybridized carbons (Fsp3) is 0.536. The number of halogens is 1. The van der Waals surface area contributed by atoms with E-state index in [1.165, 1.54) is 29.8 Å². The average Bonchev–Trinajstić information content (AvgIpc) is 3.51. The molecule has 210 valence electrons. The van der Waals surface area contributed by atoms with E-state index in [0.29, 0.717) is 40.1 Å². The highest BCUT2D eigenvalue weighted by Gasteiger charge is 2.24. The molecule has 3 aromatic rings. The fourth-order valence-electron chi connectivity index (χ4n) is 5.37. The lowest BCUT2D eigenvalue weighted by molar-refractivity contribution is 0.0329. The Morgan fingerprint density at radius 3 is 2.74 bits per heavy atom. The summed E-state index contributed by atoms with van der Waals surface area (Å²) < 4.78 is 25.9. The second-order valence-corrected chi connectivity index (χ2v) is 11.3. The van der Waals surface area contributed by atoms with E-state index in [0.717, 1.165) is 62.6 Å². The molecule has 2 aromatic heterocycles. The summed E-state index contributed by atoms with van der Waals surface area (Å²) in [6.45, 7) is 4.89. The molecule has 11 heteroatoms. The predicted molar refractivity (Wildman–Crippen MR) is 150 cm³/mol. The topological polar surface area (TPSA) is 109 Å². The Kier molecular flexibility index (Phi) is 8.91. The first-order chi connectivity index (χ1) is 18.9. The lowest BCUT2D eigenvalue weighted by atomic mass is 9.95. The normalized spacial score (nSPS) is 21.8. The summed E-state index contributed by atoms with van der Waals surface area (Å²) in [5.41, 5.74) is 1.40. The first-order valence-electron chi connectivity index (χ1n) is 13.6. The summed E-state index contributed by atoms with van der Waals surface area (Å²) >= 11 is 1.33. The van der Waals surface area contributed by atoms with Crippen LogP contribution in [-0.4, -0.2) is 77.5 Å². The van der Waals surface area contributed by atoms with Gasteiger partial charge >= 0.3 is 0 Å². The number of hydrogen-bond acceptors (Lipinski definition) is 9. The number of aliphatic hydroxyl groups is 1. The Labute approximate surface area is 231 Å². The lowest BCUT2D eigenvalue weighted by Gasteiger charge is -2.28. The molecule has 1 aliphatic carbocycles. The number of aliphatic hydroxyl groups excluding tert-OH is 1. The predicted octanol–water partition coefficient (Wildman–Crippen LogP) is 4.41. The van der Waals surface area contributed by atoms with Crippen LogP contribution in [0.5, 0.6) is 5.75 Å². The average molecular weight is 558 g/mol. The van der Waals surface area contributed by atoms with Crippen molar-refractivity contribution in [2.24, 2.45) is 0 Å². The number of methoxy groups -OCH3 is 1. The van der Waals surface area contributed by atoms with E-state index in [1.54, 1.807) is 13.2 Å². The van der Waals surface area contributed by atoms with Crippen LogP contribution in [0.2, 0.25) is 0 Å². The molecule has 0 bridgehead atoms. The molecule has 5 rings (SSSR count). The van der Waals surface area contributed by atoms with E-state index in [9.17, 15) is 14.3 Å². The van der Waals surface area contributed by atoms with Crippen molar-refractivity contribution in [3.63, 3.8) is 0 Å². The molecular formula is C28H36FN5O4S. The van der Waals surface area contributed by atoms with Gasteiger partial charge in [0.2, 0.25) is 0 Å². The molecule has 2 fully saturated rings. The molecule has 1 aromatic carbocycles. The Balaban J connectivity index is 1.28. The first-order valence-corrected chi connectivity index (χ1v) is 14.4. The van der Waals surface area contributed by atoms with E-state index in [-0.39, 0.29) is 30.0 Å². The molecule has 1 unspecified atom stereocenters. The first kappa shape index (κ1) is 27.7. The number of amides is 1. The number of carbonyl (C=O) groups is 1. The third-order valence-corrected chi connectivity index (χ3v) is 8.76. The third-order valence-electron chi connectivity index (χ3n) is 7.56. The van der Waals surface area contributed by atoms with Crippen LogP contribution in [0.15, 0.2) is 24.5 Å². The molecule has 1 atom stereocenters. The van der Waals surface area contributed by atoms with Crippen molar-refractivity contribution in [1.82, 2.24) is 20.2 Å². The van der Waals surface area contributed by atoms with Gasteiger partial charge in [-0.05, 0) is 69.7 Å². The summed E-state index contributed by atoms with van der Waals surface area (Å²) in [6.07, 6.45) is 6.58. The van der Waals surface area contributed by atoms with Crippen LogP contribution in [0.1, 0.15) is 53.8 Å². The standard InChI is InChI=1S/C28H36FN5O4S/c1-17-24-26(33-22-9-4-18(29)14-23(22)38-21-7-5-20(37-2)6-8-21)31-16-32-28(24)39-25(17)27(36)30-11-3-12-34-13-10-19(35)15-34/h4,9,14,16,19-21,35H,3,5-8,10-13,15H2,1-2H3,(H,30,36)(H,31,32,33). The maximum atomic E-state index is 14.2. The minimum absolute atomic E-state index is 0.0158. The quantitative estimate of drug-likeness (QED) is 0.315. The van der Waals surface area contributed by atoms with Crippen molar-refractivity contribution in [2.45, 2.75) is 63.8 Å². The van der Waals surface area contributed by atoms with Gasteiger partial charge in [-0.1, -0.05) is 0 Å². The van der Waals surface area contributed by atoms with Crippen molar-refractivity contribution in [1.29, 1.82) is 0 Å². The van der Waals surface area contributed by atoms with Gasteiger partial charge in [-0.25, -0.2) is 14.4 Å². The molecule has 2 aliphatic rings. The maximum Gasteiger partial charge on any atom is 0.261 e. The molecule has 1 aliphatic heterocycles. The molecule has 1 saturated heterocycles. The number of nitrogens with zero attached hydrogens (tertiary/aromatic N) is 3. The number of hydrogen-bond donors (Lipinski definition) is 3. The number of carbonyl (C=O) groups excluding carboxylic acids is 1. The molecular weight excluding hydrogens is 521 g/mol. The van der Waals surface area contributed by atoms with Crippen molar-refractivity contribution in [3.05, 3.63) is 40.8 Å². The second-order valence-electron chi connectivity index (χ2n) is 10.3. The van der Waals surface area contributed by atoms with E-state index in [2.05, 4.69) is 25.5 Å². The van der Waals surface area contributed by atoms with Gasteiger partial charge in [0, 0.05) is 32.8 Å². The van der Waals surface area contributed by atoms with Gasteiger partial charge in [-0.3, -0.25) is 4.79 Å². The van der Waals surface area contributed by atoms with Crippen LogP contribution < -0.4 is 15.4 Å². The molecule has 1 amide bonds. The molecule has 3 heterocycles. The summed E-state index contributed by atoms with van der Waals surface area (Å²) in [5.74, 6) is 0.458. The number of thiophene rings is 1. The van der Waals surface area contributed by atoms with Gasteiger partial charge in [-0.2, -0.15) is 0 Å². The molecule has 0 spiro atoms. The number of fused-ring (bicyclic) bond motifs is 1. The number of likely N-dealkylation sites (tertiary alicyclic amines) is 1. The van der Waals surface area contributed by atoms with Crippen LogP contribution in [0.4, 0.5) is 15.9 Å². The number of anilines is 2. The maximum absolute atomic E-state index is 14.2. The monoisotopic (exact) mass is 557 g/mol. The number of benzene rings is 1. The largest absolute Gasteiger partial charge is 0.488 e. The van der Waals surface area contributed by atoms with Crippen LogP contribution in [-0.2, 0) is 4.74 Å². The van der Waals surface area contributed by atoms with Gasteiger partial charge < -0.3 is 30.1 Å². The molecule has 9 nitrogen and oxygen atoms in total. The Morgan fingerprint density at radius 2 is 2.00 bits per heavy atom. The highest BCUT2D eigenvalue weighted by molar-refractivity contribution is 7.20. The number of aromatic nitrogens is 2. The zero-order chi connectivity index (χ0) is 27.4. The zero-order valence-electron chi connectivity index (χ0n) is 22.4. The lowest BCUT2D eigenvalue weighted by Crippen LogP contribution is -2.29. The SMILES string of the molecule is COC1CCC(Oc2cc(F)ccc2Nc2ncnc3sc(C(=O)NCCCN4CCC(O)C4)c(C)c23)CC1. The van der Waals surface area contributed by atoms with Gasteiger partial charge in [-0.15, -0.1) is 11.3 Å². The Morgan fingerprint density at radius 1 is 1.21 bits per heavy atom. The smallest absolute Gasteiger partial charge is 0.261 e. The molecule has 39 heavy (non-hydrogen) atoms. The Bertz CT molecular complexity index is 1300. The minimum atomic E-state index is -0.374. The van der Waals surface area contributed by atoms with Gasteiger partial charge in [0.1, 0.15) is 28.5 Å². The number of nitrogens with one attached hydrogen (secondary N) is 2. The highest BCUT2D eigenvalue weighted by atomic mass is 32.1. The van der Waals surface area contributed by atoms with E-state index in [1.807, 2.05) is 6.92 Å². The van der Waals surface area contributed by atoms with Crippen molar-refractivity contribution in [2.75, 3.05) is 38.6 Å². The minimum Gasteiger partial charge on any atom is -0.488 e. The van der Waals surface area contributed by atoms with Crippen LogP contribution in [0, 0.1) is 12.7 Å².